The van der Waals surface area contributed by atoms with Crippen LogP contribution in [-0.2, 0) is 14.9 Å². The van der Waals surface area contributed by atoms with Gasteiger partial charge in [-0.25, -0.2) is 0 Å². The number of nitrogens with one attached hydrogen (secondary N) is 1. The number of guanidine groups is 1. The summed E-state index contributed by atoms with van der Waals surface area (Å²) in [6.45, 7) is 4.26. The van der Waals surface area contributed by atoms with Crippen molar-refractivity contribution in [1.82, 2.24) is 10.2 Å². The lowest BCUT2D eigenvalue weighted by Gasteiger charge is -2.40. The van der Waals surface area contributed by atoms with Crippen molar-refractivity contribution >= 4 is 35.8 Å². The maximum absolute atomic E-state index is 11.4. The first kappa shape index (κ1) is 23.9. The Labute approximate surface area is 200 Å². The molecule has 1 atom stereocenters. The average Bonchev–Trinajstić information content (AvgIpc) is 3.23. The Kier molecular flexibility index (Phi) is 8.26. The molecule has 8 nitrogen and oxygen atoms in total. The van der Waals surface area contributed by atoms with Crippen molar-refractivity contribution in [2.45, 2.75) is 37.5 Å². The van der Waals surface area contributed by atoms with Crippen LogP contribution < -0.4 is 20.5 Å². The van der Waals surface area contributed by atoms with Gasteiger partial charge in [-0.3, -0.25) is 9.79 Å². The smallest absolute Gasteiger partial charge is 0.231 e. The SMILES string of the molecule is CN=C(NCC1(c2ccc3c(c2)OCO3)CCOCC1)N1CCCC(CC(N)=O)C1.I. The molecular formula is C22H33IN4O4. The molecule has 0 radical (unpaired) electrons. The third kappa shape index (κ3) is 5.54. The van der Waals surface area contributed by atoms with Crippen molar-refractivity contribution in [1.29, 1.82) is 0 Å². The quantitative estimate of drug-likeness (QED) is 0.335. The molecule has 0 saturated carbocycles. The van der Waals surface area contributed by atoms with E-state index in [9.17, 15) is 4.79 Å². The molecule has 3 aliphatic heterocycles. The van der Waals surface area contributed by atoms with Gasteiger partial charge in [-0.2, -0.15) is 0 Å². The number of nitrogens with zero attached hydrogens (tertiary/aromatic N) is 2. The van der Waals surface area contributed by atoms with Crippen molar-refractivity contribution in [3.8, 4) is 11.5 Å². The van der Waals surface area contributed by atoms with Crippen molar-refractivity contribution < 1.29 is 19.0 Å². The predicted molar refractivity (Wildman–Crippen MR) is 129 cm³/mol. The highest BCUT2D eigenvalue weighted by Crippen LogP contribution is 2.40. The van der Waals surface area contributed by atoms with Gasteiger partial charge in [0.25, 0.3) is 0 Å². The second-order valence-corrected chi connectivity index (χ2v) is 8.49. The molecule has 2 saturated heterocycles. The molecule has 4 rings (SSSR count). The summed E-state index contributed by atoms with van der Waals surface area (Å²) in [5.74, 6) is 2.57. The lowest BCUT2D eigenvalue weighted by molar-refractivity contribution is -0.119. The van der Waals surface area contributed by atoms with E-state index in [0.717, 1.165) is 76.0 Å². The number of rotatable bonds is 5. The van der Waals surface area contributed by atoms with Gasteiger partial charge in [0.2, 0.25) is 12.7 Å². The second kappa shape index (κ2) is 10.7. The van der Waals surface area contributed by atoms with E-state index in [1.807, 2.05) is 13.1 Å². The molecule has 0 aliphatic carbocycles. The molecule has 2 fully saturated rings. The predicted octanol–water partition coefficient (Wildman–Crippen LogP) is 2.24. The molecule has 172 valence electrons. The lowest BCUT2D eigenvalue weighted by atomic mass is 9.74. The summed E-state index contributed by atoms with van der Waals surface area (Å²) in [6, 6.07) is 6.26. The Hall–Kier alpha value is -1.75. The van der Waals surface area contributed by atoms with Gasteiger partial charge in [0, 0.05) is 51.7 Å². The van der Waals surface area contributed by atoms with Crippen LogP contribution in [0.5, 0.6) is 11.5 Å². The minimum atomic E-state index is -0.228. The van der Waals surface area contributed by atoms with Crippen LogP contribution in [0.15, 0.2) is 23.2 Å². The minimum absolute atomic E-state index is 0. The maximum atomic E-state index is 11.4. The molecule has 3 heterocycles. The third-order valence-corrected chi connectivity index (χ3v) is 6.54. The monoisotopic (exact) mass is 544 g/mol. The molecule has 1 aromatic rings. The zero-order chi connectivity index (χ0) is 21.0. The van der Waals surface area contributed by atoms with Crippen LogP contribution in [0.3, 0.4) is 0 Å². The molecule has 0 spiro atoms. The molecule has 1 unspecified atom stereocenters. The van der Waals surface area contributed by atoms with Crippen LogP contribution in [0.4, 0.5) is 0 Å². The van der Waals surface area contributed by atoms with Gasteiger partial charge < -0.3 is 30.2 Å². The van der Waals surface area contributed by atoms with E-state index in [1.54, 1.807) is 0 Å². The first-order valence-corrected chi connectivity index (χ1v) is 10.8. The Morgan fingerprint density at radius 3 is 2.81 bits per heavy atom. The standard InChI is InChI=1S/C22H32N4O4.HI/c1-24-21(26-8-2-3-16(13-26)11-20(23)27)25-14-22(6-9-28-10-7-22)17-4-5-18-19(12-17)30-15-29-18;/h4-5,12,16H,2-3,6-11,13-15H2,1H3,(H2,23,27)(H,24,25);1H. The minimum Gasteiger partial charge on any atom is -0.454 e. The summed E-state index contributed by atoms with van der Waals surface area (Å²) < 4.78 is 16.8. The van der Waals surface area contributed by atoms with E-state index in [0.29, 0.717) is 12.3 Å². The summed E-state index contributed by atoms with van der Waals surface area (Å²) in [6.07, 6.45) is 4.38. The number of nitrogens with two attached hydrogens (primary N) is 1. The zero-order valence-electron chi connectivity index (χ0n) is 18.1. The van der Waals surface area contributed by atoms with Crippen LogP contribution >= 0.6 is 24.0 Å². The molecule has 9 heteroatoms. The normalized spacial score (nSPS) is 22.5. The number of carbonyl (C=O) groups excluding carboxylic acids is 1. The molecule has 0 bridgehead atoms. The van der Waals surface area contributed by atoms with Crippen LogP contribution in [0.1, 0.15) is 37.7 Å². The summed E-state index contributed by atoms with van der Waals surface area (Å²) in [7, 11) is 1.82. The van der Waals surface area contributed by atoms with Crippen LogP contribution in [0, 0.1) is 5.92 Å². The van der Waals surface area contributed by atoms with Crippen molar-refractivity contribution in [2.24, 2.45) is 16.6 Å². The molecule has 31 heavy (non-hydrogen) atoms. The summed E-state index contributed by atoms with van der Waals surface area (Å²) in [5.41, 5.74) is 6.60. The zero-order valence-corrected chi connectivity index (χ0v) is 20.4. The Balaban J connectivity index is 0.00000272. The number of hydrogen-bond donors (Lipinski definition) is 2. The van der Waals surface area contributed by atoms with Gasteiger partial charge >= 0.3 is 0 Å². The van der Waals surface area contributed by atoms with Gasteiger partial charge in [0.05, 0.1) is 0 Å². The number of amides is 1. The molecule has 0 aromatic heterocycles. The van der Waals surface area contributed by atoms with E-state index in [4.69, 9.17) is 19.9 Å². The fourth-order valence-corrected chi connectivity index (χ4v) is 4.85. The summed E-state index contributed by atoms with van der Waals surface area (Å²) >= 11 is 0. The molecule has 3 aliphatic rings. The second-order valence-electron chi connectivity index (χ2n) is 8.49. The number of primary amides is 1. The molecule has 3 N–H and O–H groups in total. The van der Waals surface area contributed by atoms with Crippen LogP contribution in [0.25, 0.3) is 0 Å². The number of hydrogen-bond acceptors (Lipinski definition) is 5. The van der Waals surface area contributed by atoms with Crippen LogP contribution in [0.2, 0.25) is 0 Å². The van der Waals surface area contributed by atoms with Crippen molar-refractivity contribution in [3.05, 3.63) is 23.8 Å². The summed E-state index contributed by atoms with van der Waals surface area (Å²) in [4.78, 5) is 18.1. The number of ether oxygens (including phenoxy) is 3. The number of aliphatic imine (C=N–C) groups is 1. The summed E-state index contributed by atoms with van der Waals surface area (Å²) in [5, 5.41) is 3.62. The first-order chi connectivity index (χ1) is 14.6. The molecule has 1 amide bonds. The van der Waals surface area contributed by atoms with E-state index in [2.05, 4.69) is 27.3 Å². The highest BCUT2D eigenvalue weighted by molar-refractivity contribution is 14.0. The highest BCUT2D eigenvalue weighted by atomic mass is 127. The number of carbonyl (C=O) groups is 1. The molecular weight excluding hydrogens is 511 g/mol. The lowest BCUT2D eigenvalue weighted by Crippen LogP contribution is -2.51. The fourth-order valence-electron chi connectivity index (χ4n) is 4.85. The Morgan fingerprint density at radius 2 is 2.06 bits per heavy atom. The number of benzene rings is 1. The van der Waals surface area contributed by atoms with Gasteiger partial charge in [0.15, 0.2) is 17.5 Å². The van der Waals surface area contributed by atoms with E-state index in [1.165, 1.54) is 5.56 Å². The van der Waals surface area contributed by atoms with E-state index >= 15 is 0 Å². The number of likely N-dealkylation sites (tertiary alicyclic amines) is 1. The van der Waals surface area contributed by atoms with Crippen LogP contribution in [-0.4, -0.2) is 63.5 Å². The highest BCUT2D eigenvalue weighted by Gasteiger charge is 2.36. The number of piperidine rings is 1. The third-order valence-electron chi connectivity index (χ3n) is 6.54. The van der Waals surface area contributed by atoms with Gasteiger partial charge in [-0.05, 0) is 49.3 Å². The van der Waals surface area contributed by atoms with E-state index in [-0.39, 0.29) is 42.1 Å². The fraction of sp³-hybridized carbons (Fsp3) is 0.636. The van der Waals surface area contributed by atoms with Gasteiger partial charge in [-0.1, -0.05) is 6.07 Å². The topological polar surface area (TPSA) is 98.4 Å². The van der Waals surface area contributed by atoms with Crippen molar-refractivity contribution in [3.63, 3.8) is 0 Å². The Morgan fingerprint density at radius 1 is 1.29 bits per heavy atom. The largest absolute Gasteiger partial charge is 0.454 e. The van der Waals surface area contributed by atoms with Crippen molar-refractivity contribution in [2.75, 3.05) is 46.7 Å². The number of halogens is 1. The van der Waals surface area contributed by atoms with Gasteiger partial charge in [-0.15, -0.1) is 24.0 Å². The number of fused-ring (bicyclic) bond motifs is 1. The average molecular weight is 544 g/mol. The maximum Gasteiger partial charge on any atom is 0.231 e. The van der Waals surface area contributed by atoms with Gasteiger partial charge in [0.1, 0.15) is 0 Å². The Bertz CT molecular complexity index is 798. The first-order valence-electron chi connectivity index (χ1n) is 10.8. The van der Waals surface area contributed by atoms with E-state index < -0.39 is 0 Å². The molecule has 1 aromatic carbocycles.